The van der Waals surface area contributed by atoms with Crippen molar-refractivity contribution in [1.82, 2.24) is 5.32 Å². The van der Waals surface area contributed by atoms with E-state index in [2.05, 4.69) is 60.7 Å². The molecular weight excluding hydrogens is 206 g/mol. The Hall–Kier alpha value is -0.0400. The van der Waals surface area contributed by atoms with Crippen molar-refractivity contribution in [3.8, 4) is 0 Å². The van der Waals surface area contributed by atoms with Gasteiger partial charge in [-0.05, 0) is 36.5 Å². The average molecular weight is 241 g/mol. The third-order valence-electron chi connectivity index (χ3n) is 3.49. The van der Waals surface area contributed by atoms with E-state index in [1.54, 1.807) is 0 Å². The fourth-order valence-corrected chi connectivity index (χ4v) is 2.36. The van der Waals surface area contributed by atoms with Gasteiger partial charge in [0, 0.05) is 12.1 Å². The van der Waals surface area contributed by atoms with Gasteiger partial charge in [-0.15, -0.1) is 0 Å². The van der Waals surface area contributed by atoms with E-state index in [-0.39, 0.29) is 0 Å². The molecule has 1 nitrogen and oxygen atoms in total. The van der Waals surface area contributed by atoms with Crippen molar-refractivity contribution in [3.05, 3.63) is 0 Å². The Balaban J connectivity index is 4.45. The minimum Gasteiger partial charge on any atom is -0.311 e. The largest absolute Gasteiger partial charge is 0.311 e. The highest BCUT2D eigenvalue weighted by Gasteiger charge is 2.22. The average Bonchev–Trinajstić information content (AvgIpc) is 2.13. The minimum atomic E-state index is 0.668. The van der Waals surface area contributed by atoms with Crippen LogP contribution in [0.2, 0.25) is 0 Å². The lowest BCUT2D eigenvalue weighted by atomic mass is 9.89. The number of hydrogen-bond donors (Lipinski definition) is 1. The third kappa shape index (κ3) is 7.81. The monoisotopic (exact) mass is 241 g/mol. The molecule has 0 fully saturated rings. The van der Waals surface area contributed by atoms with E-state index in [1.807, 2.05) is 0 Å². The van der Waals surface area contributed by atoms with Gasteiger partial charge in [0.15, 0.2) is 0 Å². The molecule has 0 rings (SSSR count). The summed E-state index contributed by atoms with van der Waals surface area (Å²) < 4.78 is 0. The zero-order valence-electron chi connectivity index (χ0n) is 13.4. The van der Waals surface area contributed by atoms with Gasteiger partial charge in [0.1, 0.15) is 0 Å². The first-order valence-corrected chi connectivity index (χ1v) is 7.50. The van der Waals surface area contributed by atoms with Crippen LogP contribution in [0.15, 0.2) is 0 Å². The van der Waals surface area contributed by atoms with E-state index in [0.29, 0.717) is 12.1 Å². The van der Waals surface area contributed by atoms with Gasteiger partial charge in [-0.3, -0.25) is 0 Å². The summed E-state index contributed by atoms with van der Waals surface area (Å²) in [5, 5.41) is 3.92. The Kier molecular flexibility index (Phi) is 8.11. The molecule has 0 radical (unpaired) electrons. The maximum atomic E-state index is 3.92. The second kappa shape index (κ2) is 8.13. The number of rotatable bonds is 8. The molecule has 2 unspecified atom stereocenters. The van der Waals surface area contributed by atoms with Crippen LogP contribution in [0.4, 0.5) is 0 Å². The van der Waals surface area contributed by atoms with Crippen molar-refractivity contribution in [3.63, 3.8) is 0 Å². The summed E-state index contributed by atoms with van der Waals surface area (Å²) >= 11 is 0. The van der Waals surface area contributed by atoms with Crippen LogP contribution in [0.25, 0.3) is 0 Å². The summed E-state index contributed by atoms with van der Waals surface area (Å²) in [6.07, 6.45) is 2.58. The van der Waals surface area contributed by atoms with Crippen molar-refractivity contribution < 1.29 is 0 Å². The molecule has 0 saturated carbocycles. The van der Waals surface area contributed by atoms with Gasteiger partial charge < -0.3 is 5.32 Å². The van der Waals surface area contributed by atoms with Gasteiger partial charge in [0.05, 0.1) is 0 Å². The lowest BCUT2D eigenvalue weighted by Gasteiger charge is -2.32. The Morgan fingerprint density at radius 1 is 0.588 bits per heavy atom. The molecular formula is C16H35N. The molecule has 104 valence electrons. The van der Waals surface area contributed by atoms with Gasteiger partial charge in [-0.2, -0.15) is 0 Å². The molecule has 2 atom stereocenters. The summed E-state index contributed by atoms with van der Waals surface area (Å²) in [6, 6.07) is 1.34. The van der Waals surface area contributed by atoms with Crippen LogP contribution in [0.3, 0.4) is 0 Å². The first-order valence-electron chi connectivity index (χ1n) is 7.50. The number of hydrogen-bond acceptors (Lipinski definition) is 1. The van der Waals surface area contributed by atoms with Gasteiger partial charge >= 0.3 is 0 Å². The molecule has 0 aromatic carbocycles. The highest BCUT2D eigenvalue weighted by molar-refractivity contribution is 4.80. The van der Waals surface area contributed by atoms with Crippen LogP contribution in [0.1, 0.15) is 68.2 Å². The second-order valence-electron chi connectivity index (χ2n) is 7.13. The van der Waals surface area contributed by atoms with E-state index in [9.17, 15) is 0 Å². The van der Waals surface area contributed by atoms with Crippen LogP contribution < -0.4 is 5.32 Å². The molecule has 0 aliphatic carbocycles. The summed E-state index contributed by atoms with van der Waals surface area (Å²) in [5.41, 5.74) is 0. The van der Waals surface area contributed by atoms with Crippen LogP contribution in [0.5, 0.6) is 0 Å². The van der Waals surface area contributed by atoms with Gasteiger partial charge in [0.2, 0.25) is 0 Å². The van der Waals surface area contributed by atoms with Crippen LogP contribution in [0, 0.1) is 23.7 Å². The molecule has 0 heterocycles. The van der Waals surface area contributed by atoms with Crippen molar-refractivity contribution >= 4 is 0 Å². The van der Waals surface area contributed by atoms with Gasteiger partial charge in [-0.1, -0.05) is 55.4 Å². The highest BCUT2D eigenvalue weighted by Crippen LogP contribution is 2.18. The van der Waals surface area contributed by atoms with Crippen LogP contribution >= 0.6 is 0 Å². The van der Waals surface area contributed by atoms with Crippen LogP contribution in [-0.2, 0) is 0 Å². The molecule has 1 N–H and O–H groups in total. The topological polar surface area (TPSA) is 12.0 Å². The molecule has 0 aliphatic heterocycles. The molecule has 17 heavy (non-hydrogen) atoms. The Morgan fingerprint density at radius 3 is 1.06 bits per heavy atom. The highest BCUT2D eigenvalue weighted by atomic mass is 15.0. The summed E-state index contributed by atoms with van der Waals surface area (Å²) in [6.45, 7) is 18.7. The summed E-state index contributed by atoms with van der Waals surface area (Å²) in [4.78, 5) is 0. The van der Waals surface area contributed by atoms with E-state index >= 15 is 0 Å². The van der Waals surface area contributed by atoms with Gasteiger partial charge in [-0.25, -0.2) is 0 Å². The standard InChI is InChI=1S/C16H35N/c1-11(2)9-15(13(5)6)17-16(14(7)8)10-12(3)4/h11-17H,9-10H2,1-8H3. The van der Waals surface area contributed by atoms with E-state index in [1.165, 1.54) is 12.8 Å². The summed E-state index contributed by atoms with van der Waals surface area (Å²) in [7, 11) is 0. The fourth-order valence-electron chi connectivity index (χ4n) is 2.36. The molecule has 0 aliphatic rings. The smallest absolute Gasteiger partial charge is 0.00951 e. The van der Waals surface area contributed by atoms with Crippen LogP contribution in [-0.4, -0.2) is 12.1 Å². The normalized spacial score (nSPS) is 16.2. The first kappa shape index (κ1) is 17.0. The first-order chi connectivity index (χ1) is 7.73. The molecule has 0 bridgehead atoms. The quantitative estimate of drug-likeness (QED) is 0.648. The van der Waals surface area contributed by atoms with Gasteiger partial charge in [0.25, 0.3) is 0 Å². The lowest BCUT2D eigenvalue weighted by molar-refractivity contribution is 0.249. The van der Waals surface area contributed by atoms with E-state index < -0.39 is 0 Å². The molecule has 0 saturated heterocycles. The molecule has 1 heteroatoms. The zero-order valence-corrected chi connectivity index (χ0v) is 13.4. The predicted octanol–water partition coefficient (Wildman–Crippen LogP) is 4.72. The zero-order chi connectivity index (χ0) is 13.6. The fraction of sp³-hybridized carbons (Fsp3) is 1.00. The molecule has 0 aromatic heterocycles. The lowest BCUT2D eigenvalue weighted by Crippen LogP contribution is -2.45. The second-order valence-corrected chi connectivity index (χ2v) is 7.13. The summed E-state index contributed by atoms with van der Waals surface area (Å²) in [5.74, 6) is 3.01. The van der Waals surface area contributed by atoms with Crippen molar-refractivity contribution in [2.45, 2.75) is 80.3 Å². The van der Waals surface area contributed by atoms with E-state index in [4.69, 9.17) is 0 Å². The Bertz CT molecular complexity index is 162. The van der Waals surface area contributed by atoms with E-state index in [0.717, 1.165) is 23.7 Å². The maximum Gasteiger partial charge on any atom is 0.00951 e. The Labute approximate surface area is 110 Å². The maximum absolute atomic E-state index is 3.92. The Morgan fingerprint density at radius 2 is 0.882 bits per heavy atom. The molecule has 0 aromatic rings. The third-order valence-corrected chi connectivity index (χ3v) is 3.49. The molecule has 0 spiro atoms. The minimum absolute atomic E-state index is 0.668. The van der Waals surface area contributed by atoms with Crippen molar-refractivity contribution in [2.24, 2.45) is 23.7 Å². The number of nitrogens with one attached hydrogen (secondary N) is 1. The van der Waals surface area contributed by atoms with Crippen molar-refractivity contribution in [1.29, 1.82) is 0 Å². The SMILES string of the molecule is CC(C)CC(NC(CC(C)C)C(C)C)C(C)C. The molecule has 0 amide bonds. The predicted molar refractivity (Wildman–Crippen MR) is 79.3 cm³/mol. The van der Waals surface area contributed by atoms with Crippen molar-refractivity contribution in [2.75, 3.05) is 0 Å².